The second-order valence-corrected chi connectivity index (χ2v) is 10.3. The van der Waals surface area contributed by atoms with E-state index >= 15 is 0 Å². The number of aromatic nitrogens is 5. The van der Waals surface area contributed by atoms with Gasteiger partial charge in [-0.3, -0.25) is 4.40 Å². The lowest BCUT2D eigenvalue weighted by molar-refractivity contribution is 0.0882. The molecule has 3 aromatic heterocycles. The first-order valence-corrected chi connectivity index (χ1v) is 11.8. The first-order valence-electron chi connectivity index (χ1n) is 10.3. The van der Waals surface area contributed by atoms with E-state index < -0.39 is 10.0 Å². The molecule has 30 heavy (non-hydrogen) atoms. The molecule has 8 nitrogen and oxygen atoms in total. The van der Waals surface area contributed by atoms with Crippen LogP contribution in [0.2, 0.25) is 0 Å². The van der Waals surface area contributed by atoms with Crippen molar-refractivity contribution in [1.29, 1.82) is 0 Å². The monoisotopic (exact) mass is 422 g/mol. The third-order valence-corrected chi connectivity index (χ3v) is 8.66. The lowest BCUT2D eigenvalue weighted by Crippen LogP contribution is -2.58. The number of hydrogen-bond donors (Lipinski definition) is 2. The van der Waals surface area contributed by atoms with Crippen molar-refractivity contribution in [3.05, 3.63) is 54.6 Å². The van der Waals surface area contributed by atoms with Crippen LogP contribution in [-0.2, 0) is 15.4 Å². The minimum absolute atomic E-state index is 0.0785. The molecule has 0 aliphatic heterocycles. The largest absolute Gasteiger partial charge is 0.345 e. The van der Waals surface area contributed by atoms with Crippen LogP contribution in [0.15, 0.2) is 53.7 Å². The summed E-state index contributed by atoms with van der Waals surface area (Å²) in [5.74, 6) is 0.976. The molecule has 0 atom stereocenters. The Kier molecular flexibility index (Phi) is 3.67. The van der Waals surface area contributed by atoms with Gasteiger partial charge in [-0.15, -0.1) is 10.2 Å². The van der Waals surface area contributed by atoms with Gasteiger partial charge in [0.25, 0.3) is 0 Å². The fourth-order valence-corrected chi connectivity index (χ4v) is 6.85. The zero-order chi connectivity index (χ0) is 20.4. The van der Waals surface area contributed by atoms with Gasteiger partial charge in [0.05, 0.1) is 16.6 Å². The molecule has 2 bridgehead atoms. The van der Waals surface area contributed by atoms with E-state index in [2.05, 4.69) is 29.3 Å². The summed E-state index contributed by atoms with van der Waals surface area (Å²) in [4.78, 5) is 7.89. The van der Waals surface area contributed by atoms with E-state index in [9.17, 15) is 8.42 Å². The van der Waals surface area contributed by atoms with E-state index in [1.807, 2.05) is 18.3 Å². The molecule has 9 heteroatoms. The van der Waals surface area contributed by atoms with Gasteiger partial charge in [-0.05, 0) is 56.7 Å². The Hall–Kier alpha value is -2.78. The Bertz CT molecular complexity index is 1330. The molecule has 3 saturated carbocycles. The maximum Gasteiger partial charge on any atom is 0.241 e. The van der Waals surface area contributed by atoms with Gasteiger partial charge in [0, 0.05) is 17.2 Å². The van der Waals surface area contributed by atoms with E-state index in [0.717, 1.165) is 61.2 Å². The summed E-state index contributed by atoms with van der Waals surface area (Å²) in [6.07, 6.45) is 8.69. The van der Waals surface area contributed by atoms with Crippen molar-refractivity contribution in [3.63, 3.8) is 0 Å². The second-order valence-electron chi connectivity index (χ2n) is 8.67. The molecule has 154 valence electrons. The lowest BCUT2D eigenvalue weighted by atomic mass is 9.57. The number of benzene rings is 1. The lowest BCUT2D eigenvalue weighted by Gasteiger charge is -2.52. The Morgan fingerprint density at radius 3 is 2.43 bits per heavy atom. The predicted molar refractivity (Wildman–Crippen MR) is 112 cm³/mol. The van der Waals surface area contributed by atoms with Crippen LogP contribution < -0.4 is 4.72 Å². The molecule has 0 unspecified atom stereocenters. The smallest absolute Gasteiger partial charge is 0.241 e. The Morgan fingerprint density at radius 2 is 1.70 bits per heavy atom. The van der Waals surface area contributed by atoms with Crippen LogP contribution in [0.3, 0.4) is 0 Å². The van der Waals surface area contributed by atoms with Gasteiger partial charge in [-0.1, -0.05) is 18.2 Å². The highest BCUT2D eigenvalue weighted by atomic mass is 32.2. The fourth-order valence-electron chi connectivity index (χ4n) is 5.34. The molecule has 0 saturated heterocycles. The normalized spacial score (nSPS) is 26.5. The van der Waals surface area contributed by atoms with Gasteiger partial charge in [-0.2, -0.15) is 0 Å². The molecule has 4 aromatic rings. The summed E-state index contributed by atoms with van der Waals surface area (Å²) in [6, 6.07) is 10.6. The highest BCUT2D eigenvalue weighted by molar-refractivity contribution is 7.89. The minimum Gasteiger partial charge on any atom is -0.345 e. The van der Waals surface area contributed by atoms with Crippen LogP contribution in [0.4, 0.5) is 0 Å². The summed E-state index contributed by atoms with van der Waals surface area (Å²) in [5, 5.41) is 8.96. The molecule has 3 aliphatic carbocycles. The molecule has 7 rings (SSSR count). The molecule has 0 radical (unpaired) electrons. The van der Waals surface area contributed by atoms with E-state index in [1.54, 1.807) is 30.5 Å². The van der Waals surface area contributed by atoms with Crippen molar-refractivity contribution >= 4 is 26.8 Å². The van der Waals surface area contributed by atoms with Gasteiger partial charge >= 0.3 is 0 Å². The average Bonchev–Trinajstić information content (AvgIpc) is 3.42. The summed E-state index contributed by atoms with van der Waals surface area (Å²) in [7, 11) is -3.53. The number of nitrogens with one attached hydrogen (secondary N) is 2. The number of hydrogen-bond acceptors (Lipinski definition) is 5. The van der Waals surface area contributed by atoms with Gasteiger partial charge in [0.2, 0.25) is 10.0 Å². The van der Waals surface area contributed by atoms with Gasteiger partial charge in [0.1, 0.15) is 5.82 Å². The van der Waals surface area contributed by atoms with Gasteiger partial charge in [-0.25, -0.2) is 18.1 Å². The summed E-state index contributed by atoms with van der Waals surface area (Å²) >= 11 is 0. The topological polar surface area (TPSA) is 105 Å². The van der Waals surface area contributed by atoms with Crippen LogP contribution in [0.1, 0.15) is 44.3 Å². The SMILES string of the molecule is O=S(=O)(NC12CCC(c3nnc4cnc5[nH]ccc5n34)(CC1)CC2)c1ccccc1. The average molecular weight is 423 g/mol. The molecule has 0 spiro atoms. The van der Waals surface area contributed by atoms with Gasteiger partial charge in [0.15, 0.2) is 11.3 Å². The minimum atomic E-state index is -3.53. The molecule has 0 amide bonds. The fraction of sp³-hybridized carbons (Fsp3) is 0.381. The van der Waals surface area contributed by atoms with Crippen LogP contribution in [0.5, 0.6) is 0 Å². The quantitative estimate of drug-likeness (QED) is 0.526. The molecular formula is C21H22N6O2S. The highest BCUT2D eigenvalue weighted by Gasteiger charge is 2.52. The van der Waals surface area contributed by atoms with E-state index in [-0.39, 0.29) is 11.0 Å². The Balaban J connectivity index is 1.33. The van der Waals surface area contributed by atoms with Gasteiger partial charge < -0.3 is 4.98 Å². The van der Waals surface area contributed by atoms with Crippen molar-refractivity contribution < 1.29 is 8.42 Å². The zero-order valence-electron chi connectivity index (χ0n) is 16.4. The van der Waals surface area contributed by atoms with Crippen LogP contribution in [0, 0.1) is 0 Å². The first kappa shape index (κ1) is 18.0. The Morgan fingerprint density at radius 1 is 0.967 bits per heavy atom. The third-order valence-electron chi connectivity index (χ3n) is 7.07. The maximum atomic E-state index is 12.9. The first-order chi connectivity index (χ1) is 14.5. The van der Waals surface area contributed by atoms with Crippen molar-refractivity contribution in [2.75, 3.05) is 0 Å². The van der Waals surface area contributed by atoms with E-state index in [4.69, 9.17) is 0 Å². The standard InChI is InChI=1S/C21H22N6O2S/c28-30(29,15-4-2-1-3-5-15)26-21-10-7-20(8-11-21,9-12-21)19-25-24-17-14-23-18-16(27(17)19)6-13-22-18/h1-6,13-14,22,26H,7-12H2. The maximum absolute atomic E-state index is 12.9. The number of sulfonamides is 1. The molecule has 3 fully saturated rings. The molecule has 3 aliphatic rings. The summed E-state index contributed by atoms with van der Waals surface area (Å²) in [6.45, 7) is 0. The molecule has 2 N–H and O–H groups in total. The molecular weight excluding hydrogens is 400 g/mol. The number of fused-ring (bicyclic) bond motifs is 6. The number of aromatic amines is 1. The van der Waals surface area contributed by atoms with Crippen molar-refractivity contribution in [3.8, 4) is 0 Å². The third kappa shape index (κ3) is 2.55. The number of H-pyrrole nitrogens is 1. The molecule has 3 heterocycles. The van der Waals surface area contributed by atoms with Crippen molar-refractivity contribution in [2.45, 2.75) is 54.4 Å². The van der Waals surface area contributed by atoms with E-state index in [0.29, 0.717) is 4.90 Å². The predicted octanol–water partition coefficient (Wildman–Crippen LogP) is 2.93. The van der Waals surface area contributed by atoms with Crippen LogP contribution >= 0.6 is 0 Å². The summed E-state index contributed by atoms with van der Waals surface area (Å²) < 4.78 is 31.0. The molecule has 1 aromatic carbocycles. The van der Waals surface area contributed by atoms with E-state index in [1.165, 1.54) is 0 Å². The second kappa shape index (κ2) is 6.12. The van der Waals surface area contributed by atoms with Crippen LogP contribution in [0.25, 0.3) is 16.8 Å². The van der Waals surface area contributed by atoms with Crippen LogP contribution in [-0.4, -0.2) is 38.5 Å². The van der Waals surface area contributed by atoms with Crippen molar-refractivity contribution in [2.24, 2.45) is 0 Å². The Labute approximate surface area is 173 Å². The number of nitrogens with zero attached hydrogens (tertiary/aromatic N) is 4. The highest BCUT2D eigenvalue weighted by Crippen LogP contribution is 2.53. The zero-order valence-corrected chi connectivity index (χ0v) is 17.2. The summed E-state index contributed by atoms with van der Waals surface area (Å²) in [5.41, 5.74) is 2.09. The van der Waals surface area contributed by atoms with Crippen molar-refractivity contribution in [1.82, 2.24) is 29.3 Å². The number of rotatable bonds is 4.